The average molecular weight is 397 g/mol. The highest BCUT2D eigenvalue weighted by Crippen LogP contribution is 2.41. The zero-order valence-electron chi connectivity index (χ0n) is 16.8. The van der Waals surface area contributed by atoms with Gasteiger partial charge in [-0.2, -0.15) is 5.10 Å². The monoisotopic (exact) mass is 397 g/mol. The lowest BCUT2D eigenvalue weighted by molar-refractivity contribution is 0.0459. The predicted molar refractivity (Wildman–Crippen MR) is 104 cm³/mol. The molecule has 4 heterocycles. The fourth-order valence-electron chi connectivity index (χ4n) is 4.73. The van der Waals surface area contributed by atoms with Gasteiger partial charge in [0.15, 0.2) is 0 Å². The molecule has 29 heavy (non-hydrogen) atoms. The third kappa shape index (κ3) is 3.32. The Labute approximate surface area is 169 Å². The molecular formula is C20H27N7O2. The third-order valence-corrected chi connectivity index (χ3v) is 6.89. The minimum absolute atomic E-state index is 0.00168. The van der Waals surface area contributed by atoms with Crippen LogP contribution in [0, 0.1) is 5.41 Å². The van der Waals surface area contributed by atoms with E-state index in [1.807, 2.05) is 16.5 Å². The molecule has 0 radical (unpaired) electrons. The fraction of sp³-hybridized carbons (Fsp3) is 0.650. The SMILES string of the molecule is Cn1ccc(C(=O)N2CCC3(CCc4nnc(C(=O)NC5CCC5)n4C3)CC2)n1. The first-order valence-corrected chi connectivity index (χ1v) is 10.5. The van der Waals surface area contributed by atoms with Crippen molar-refractivity contribution < 1.29 is 9.59 Å². The molecule has 1 aliphatic carbocycles. The summed E-state index contributed by atoms with van der Waals surface area (Å²) in [5.74, 6) is 1.24. The Kier molecular flexibility index (Phi) is 4.40. The van der Waals surface area contributed by atoms with Crippen LogP contribution in [0.2, 0.25) is 0 Å². The molecule has 1 spiro atoms. The number of hydrogen-bond donors (Lipinski definition) is 1. The quantitative estimate of drug-likeness (QED) is 0.838. The van der Waals surface area contributed by atoms with E-state index in [1.54, 1.807) is 16.9 Å². The first kappa shape index (κ1) is 18.3. The van der Waals surface area contributed by atoms with Crippen LogP contribution in [0.4, 0.5) is 0 Å². The van der Waals surface area contributed by atoms with Gasteiger partial charge in [0.25, 0.3) is 11.8 Å². The molecule has 0 bridgehead atoms. The van der Waals surface area contributed by atoms with Crippen LogP contribution in [0.1, 0.15) is 65.5 Å². The summed E-state index contributed by atoms with van der Waals surface area (Å²) in [5.41, 5.74) is 0.602. The maximum absolute atomic E-state index is 12.7. The Morgan fingerprint density at radius 2 is 1.97 bits per heavy atom. The van der Waals surface area contributed by atoms with E-state index >= 15 is 0 Å². The van der Waals surface area contributed by atoms with Crippen LogP contribution in [-0.2, 0) is 20.0 Å². The van der Waals surface area contributed by atoms with Crippen molar-refractivity contribution in [2.75, 3.05) is 13.1 Å². The average Bonchev–Trinajstić information content (AvgIpc) is 3.30. The highest BCUT2D eigenvalue weighted by Gasteiger charge is 2.41. The van der Waals surface area contributed by atoms with Crippen molar-refractivity contribution in [3.63, 3.8) is 0 Å². The Balaban J connectivity index is 1.26. The van der Waals surface area contributed by atoms with Gasteiger partial charge in [0, 0.05) is 45.3 Å². The van der Waals surface area contributed by atoms with Crippen molar-refractivity contribution in [1.29, 1.82) is 0 Å². The second kappa shape index (κ2) is 6.96. The van der Waals surface area contributed by atoms with Gasteiger partial charge in [0.2, 0.25) is 5.82 Å². The Morgan fingerprint density at radius 1 is 1.17 bits per heavy atom. The highest BCUT2D eigenvalue weighted by atomic mass is 16.2. The number of fused-ring (bicyclic) bond motifs is 1. The lowest BCUT2D eigenvalue weighted by atomic mass is 9.73. The zero-order valence-corrected chi connectivity index (χ0v) is 16.8. The van der Waals surface area contributed by atoms with E-state index in [2.05, 4.69) is 20.6 Å². The van der Waals surface area contributed by atoms with Gasteiger partial charge in [0.05, 0.1) is 0 Å². The van der Waals surface area contributed by atoms with E-state index in [1.165, 1.54) is 6.42 Å². The van der Waals surface area contributed by atoms with E-state index in [0.717, 1.165) is 64.0 Å². The van der Waals surface area contributed by atoms with Gasteiger partial charge in [-0.25, -0.2) is 0 Å². The number of likely N-dealkylation sites (tertiary alicyclic amines) is 1. The first-order chi connectivity index (χ1) is 14.0. The molecule has 2 aromatic heterocycles. The summed E-state index contributed by atoms with van der Waals surface area (Å²) in [6.07, 6.45) is 8.79. The van der Waals surface area contributed by atoms with Crippen LogP contribution < -0.4 is 5.32 Å². The molecule has 2 aromatic rings. The summed E-state index contributed by atoms with van der Waals surface area (Å²) in [6, 6.07) is 2.05. The maximum atomic E-state index is 12.7. The first-order valence-electron chi connectivity index (χ1n) is 10.5. The maximum Gasteiger partial charge on any atom is 0.289 e. The van der Waals surface area contributed by atoms with Crippen LogP contribution in [0.15, 0.2) is 12.3 Å². The number of nitrogens with zero attached hydrogens (tertiary/aromatic N) is 6. The van der Waals surface area contributed by atoms with Crippen LogP contribution in [0.5, 0.6) is 0 Å². The van der Waals surface area contributed by atoms with E-state index in [-0.39, 0.29) is 23.3 Å². The molecule has 1 N–H and O–H groups in total. The van der Waals surface area contributed by atoms with E-state index in [4.69, 9.17) is 0 Å². The number of carbonyl (C=O) groups is 2. The van der Waals surface area contributed by atoms with Crippen LogP contribution in [0.25, 0.3) is 0 Å². The number of aromatic nitrogens is 5. The van der Waals surface area contributed by atoms with Gasteiger partial charge < -0.3 is 14.8 Å². The number of carbonyl (C=O) groups excluding carboxylic acids is 2. The zero-order chi connectivity index (χ0) is 20.0. The highest BCUT2D eigenvalue weighted by molar-refractivity contribution is 5.92. The number of rotatable bonds is 3. The molecule has 2 fully saturated rings. The number of hydrogen-bond acceptors (Lipinski definition) is 5. The van der Waals surface area contributed by atoms with E-state index < -0.39 is 0 Å². The van der Waals surface area contributed by atoms with E-state index in [0.29, 0.717) is 11.5 Å². The number of nitrogens with one attached hydrogen (secondary N) is 1. The molecular weight excluding hydrogens is 370 g/mol. The number of aryl methyl sites for hydroxylation is 2. The molecule has 0 aromatic carbocycles. The van der Waals surface area contributed by atoms with Gasteiger partial charge in [-0.05, 0) is 50.0 Å². The third-order valence-electron chi connectivity index (χ3n) is 6.89. The number of amides is 2. The van der Waals surface area contributed by atoms with Gasteiger partial charge in [-0.3, -0.25) is 14.3 Å². The molecule has 9 nitrogen and oxygen atoms in total. The predicted octanol–water partition coefficient (Wildman–Crippen LogP) is 1.16. The van der Waals surface area contributed by atoms with Crippen molar-refractivity contribution in [3.8, 4) is 0 Å². The van der Waals surface area contributed by atoms with Gasteiger partial charge >= 0.3 is 0 Å². The summed E-state index contributed by atoms with van der Waals surface area (Å²) < 4.78 is 3.68. The number of piperidine rings is 1. The molecule has 0 atom stereocenters. The summed E-state index contributed by atoms with van der Waals surface area (Å²) in [7, 11) is 1.82. The summed E-state index contributed by atoms with van der Waals surface area (Å²) in [6.45, 7) is 2.20. The van der Waals surface area contributed by atoms with Crippen molar-refractivity contribution >= 4 is 11.8 Å². The van der Waals surface area contributed by atoms with Crippen molar-refractivity contribution in [1.82, 2.24) is 34.8 Å². The standard InChI is InChI=1S/C20H27N7O2/c1-25-10-6-15(24-25)19(29)26-11-8-20(9-12-26)7-5-16-22-23-17(27(16)13-20)18(28)21-14-3-2-4-14/h6,10,14H,2-5,7-9,11-13H2,1H3,(H,21,28). The summed E-state index contributed by atoms with van der Waals surface area (Å²) in [5, 5.41) is 15.8. The minimum Gasteiger partial charge on any atom is -0.347 e. The van der Waals surface area contributed by atoms with Crippen LogP contribution >= 0.6 is 0 Å². The summed E-state index contributed by atoms with van der Waals surface area (Å²) >= 11 is 0. The fourth-order valence-corrected chi connectivity index (χ4v) is 4.73. The smallest absolute Gasteiger partial charge is 0.289 e. The lowest BCUT2D eigenvalue weighted by Crippen LogP contribution is -2.47. The van der Waals surface area contributed by atoms with Crippen molar-refractivity contribution in [3.05, 3.63) is 29.6 Å². The molecule has 9 heteroatoms. The molecule has 5 rings (SSSR count). The topological polar surface area (TPSA) is 97.9 Å². The molecule has 0 unspecified atom stereocenters. The van der Waals surface area contributed by atoms with Crippen LogP contribution in [0.3, 0.4) is 0 Å². The Hall–Kier alpha value is -2.71. The Morgan fingerprint density at radius 3 is 2.62 bits per heavy atom. The lowest BCUT2D eigenvalue weighted by Gasteiger charge is -2.44. The van der Waals surface area contributed by atoms with Crippen molar-refractivity contribution in [2.45, 2.75) is 57.5 Å². The second-order valence-corrected chi connectivity index (χ2v) is 8.79. The van der Waals surface area contributed by atoms with Crippen LogP contribution in [-0.4, -0.2) is 60.4 Å². The second-order valence-electron chi connectivity index (χ2n) is 8.79. The van der Waals surface area contributed by atoms with Crippen molar-refractivity contribution in [2.24, 2.45) is 12.5 Å². The molecule has 2 amide bonds. The van der Waals surface area contributed by atoms with Gasteiger partial charge in [-0.1, -0.05) is 0 Å². The molecule has 3 aliphatic rings. The largest absolute Gasteiger partial charge is 0.347 e. The molecule has 1 saturated heterocycles. The van der Waals surface area contributed by atoms with Gasteiger partial charge in [0.1, 0.15) is 11.5 Å². The normalized spacial score (nSPS) is 20.9. The Bertz CT molecular complexity index is 935. The molecule has 1 saturated carbocycles. The summed E-state index contributed by atoms with van der Waals surface area (Å²) in [4.78, 5) is 27.3. The van der Waals surface area contributed by atoms with E-state index in [9.17, 15) is 9.59 Å². The molecule has 2 aliphatic heterocycles. The minimum atomic E-state index is -0.103. The van der Waals surface area contributed by atoms with Gasteiger partial charge in [-0.15, -0.1) is 10.2 Å². The molecule has 154 valence electrons.